The fourth-order valence-corrected chi connectivity index (χ4v) is 4.07. The smallest absolute Gasteiger partial charge is 0.328 e. The summed E-state index contributed by atoms with van der Waals surface area (Å²) < 4.78 is 11.8. The number of carbonyl (C=O) groups is 1. The number of thiazole rings is 1. The molecule has 1 unspecified atom stereocenters. The Labute approximate surface area is 161 Å². The molecule has 1 aliphatic heterocycles. The summed E-state index contributed by atoms with van der Waals surface area (Å²) in [5.74, 6) is 1.04. The van der Waals surface area contributed by atoms with Crippen molar-refractivity contribution in [1.82, 2.24) is 4.98 Å². The number of aromatic nitrogens is 1. The highest BCUT2D eigenvalue weighted by Gasteiger charge is 2.24. The number of anilines is 2. The second-order valence-electron chi connectivity index (χ2n) is 6.43. The molecule has 2 amide bonds. The van der Waals surface area contributed by atoms with Gasteiger partial charge in [0.15, 0.2) is 5.13 Å². The maximum atomic E-state index is 13.0. The third-order valence-electron chi connectivity index (χ3n) is 4.59. The number of hydrogen-bond donors (Lipinski definition) is 1. The standard InChI is InChI=1S/C20H21N3O3S/c1-25-16-8-5-9-17-18(16)21-19(27-17)22-20(24)23(12-14-10-11-26-13-14)15-6-3-2-4-7-15/h2-9,14H,10-13H2,1H3,(H,21,22,24). The van der Waals surface area contributed by atoms with Crippen LogP contribution in [0.3, 0.4) is 0 Å². The molecule has 1 N–H and O–H groups in total. The molecule has 0 aliphatic carbocycles. The number of hydrogen-bond acceptors (Lipinski definition) is 5. The number of nitrogens with zero attached hydrogens (tertiary/aromatic N) is 2. The van der Waals surface area contributed by atoms with E-state index in [1.54, 1.807) is 12.0 Å². The first-order valence-electron chi connectivity index (χ1n) is 8.89. The monoisotopic (exact) mass is 383 g/mol. The first-order valence-corrected chi connectivity index (χ1v) is 9.71. The molecule has 1 atom stereocenters. The molecular formula is C20H21N3O3S. The van der Waals surface area contributed by atoms with E-state index in [9.17, 15) is 4.79 Å². The number of rotatable bonds is 5. The Balaban J connectivity index is 1.57. The van der Waals surface area contributed by atoms with Gasteiger partial charge in [0.05, 0.1) is 18.4 Å². The van der Waals surface area contributed by atoms with Crippen LogP contribution >= 0.6 is 11.3 Å². The van der Waals surface area contributed by atoms with E-state index in [1.165, 1.54) is 11.3 Å². The lowest BCUT2D eigenvalue weighted by Crippen LogP contribution is -2.38. The minimum atomic E-state index is -0.189. The summed E-state index contributed by atoms with van der Waals surface area (Å²) in [6.07, 6.45) is 0.967. The number of fused-ring (bicyclic) bond motifs is 1. The molecule has 1 aromatic heterocycles. The molecule has 2 heterocycles. The number of ether oxygens (including phenoxy) is 2. The molecule has 1 aliphatic rings. The molecule has 3 aromatic rings. The Morgan fingerprint density at radius 2 is 2.15 bits per heavy atom. The molecular weight excluding hydrogens is 362 g/mol. The molecule has 0 saturated carbocycles. The predicted molar refractivity (Wildman–Crippen MR) is 108 cm³/mol. The van der Waals surface area contributed by atoms with Crippen molar-refractivity contribution < 1.29 is 14.3 Å². The van der Waals surface area contributed by atoms with Crippen LogP contribution in [-0.4, -0.2) is 37.9 Å². The largest absolute Gasteiger partial charge is 0.494 e. The number of para-hydroxylation sites is 2. The third kappa shape index (κ3) is 3.89. The highest BCUT2D eigenvalue weighted by atomic mass is 32.1. The molecule has 140 valence electrons. The number of amides is 2. The van der Waals surface area contributed by atoms with Crippen molar-refractivity contribution in [3.63, 3.8) is 0 Å². The lowest BCUT2D eigenvalue weighted by Gasteiger charge is -2.25. The van der Waals surface area contributed by atoms with Crippen molar-refractivity contribution >= 4 is 38.4 Å². The van der Waals surface area contributed by atoms with E-state index in [-0.39, 0.29) is 6.03 Å². The minimum absolute atomic E-state index is 0.189. The van der Waals surface area contributed by atoms with Crippen molar-refractivity contribution in [2.75, 3.05) is 37.1 Å². The minimum Gasteiger partial charge on any atom is -0.494 e. The highest BCUT2D eigenvalue weighted by Crippen LogP contribution is 2.32. The SMILES string of the molecule is COc1cccc2sc(NC(=O)N(CC3CCOC3)c3ccccc3)nc12. The van der Waals surface area contributed by atoms with Crippen LogP contribution < -0.4 is 15.0 Å². The van der Waals surface area contributed by atoms with Gasteiger partial charge in [-0.2, -0.15) is 0 Å². The van der Waals surface area contributed by atoms with E-state index < -0.39 is 0 Å². The van der Waals surface area contributed by atoms with Crippen LogP contribution in [0.15, 0.2) is 48.5 Å². The van der Waals surface area contributed by atoms with E-state index in [2.05, 4.69) is 10.3 Å². The molecule has 7 heteroatoms. The van der Waals surface area contributed by atoms with Gasteiger partial charge >= 0.3 is 6.03 Å². The average Bonchev–Trinajstić information content (AvgIpc) is 3.35. The van der Waals surface area contributed by atoms with Crippen LogP contribution in [0.25, 0.3) is 10.2 Å². The van der Waals surface area contributed by atoms with Crippen molar-refractivity contribution in [2.45, 2.75) is 6.42 Å². The second kappa shape index (κ2) is 7.94. The molecule has 1 fully saturated rings. The van der Waals surface area contributed by atoms with Gasteiger partial charge in [0.25, 0.3) is 0 Å². The van der Waals surface area contributed by atoms with E-state index in [0.717, 1.165) is 28.9 Å². The molecule has 27 heavy (non-hydrogen) atoms. The molecule has 6 nitrogen and oxygen atoms in total. The van der Waals surface area contributed by atoms with Crippen molar-refractivity contribution in [2.24, 2.45) is 5.92 Å². The zero-order valence-corrected chi connectivity index (χ0v) is 15.9. The van der Waals surface area contributed by atoms with Crippen molar-refractivity contribution in [3.05, 3.63) is 48.5 Å². The molecule has 0 spiro atoms. The summed E-state index contributed by atoms with van der Waals surface area (Å²) in [6.45, 7) is 2.06. The van der Waals surface area contributed by atoms with Crippen LogP contribution in [0.5, 0.6) is 5.75 Å². The van der Waals surface area contributed by atoms with Crippen LogP contribution in [0.2, 0.25) is 0 Å². The van der Waals surface area contributed by atoms with Crippen molar-refractivity contribution in [1.29, 1.82) is 0 Å². The second-order valence-corrected chi connectivity index (χ2v) is 7.46. The molecule has 1 saturated heterocycles. The number of benzene rings is 2. The lowest BCUT2D eigenvalue weighted by molar-refractivity contribution is 0.186. The van der Waals surface area contributed by atoms with E-state index in [4.69, 9.17) is 9.47 Å². The summed E-state index contributed by atoms with van der Waals surface area (Å²) in [5, 5.41) is 3.51. The van der Waals surface area contributed by atoms with E-state index in [1.807, 2.05) is 48.5 Å². The van der Waals surface area contributed by atoms with Gasteiger partial charge in [0.1, 0.15) is 11.3 Å². The van der Waals surface area contributed by atoms with Gasteiger partial charge in [-0.3, -0.25) is 10.2 Å². The predicted octanol–water partition coefficient (Wildman–Crippen LogP) is 4.38. The number of nitrogens with one attached hydrogen (secondary N) is 1. The zero-order chi connectivity index (χ0) is 18.6. The van der Waals surface area contributed by atoms with E-state index >= 15 is 0 Å². The van der Waals surface area contributed by atoms with Gasteiger partial charge in [-0.1, -0.05) is 35.6 Å². The zero-order valence-electron chi connectivity index (χ0n) is 15.1. The first-order chi connectivity index (χ1) is 13.2. The van der Waals surface area contributed by atoms with Crippen LogP contribution in [0.4, 0.5) is 15.6 Å². The van der Waals surface area contributed by atoms with Crippen LogP contribution in [0, 0.1) is 5.92 Å². The van der Waals surface area contributed by atoms with Crippen LogP contribution in [0.1, 0.15) is 6.42 Å². The Hall–Kier alpha value is -2.64. The summed E-state index contributed by atoms with van der Waals surface area (Å²) >= 11 is 1.44. The number of carbonyl (C=O) groups excluding carboxylic acids is 1. The fourth-order valence-electron chi connectivity index (χ4n) is 3.20. The summed E-state index contributed by atoms with van der Waals surface area (Å²) in [6, 6.07) is 15.3. The van der Waals surface area contributed by atoms with Gasteiger partial charge in [-0.15, -0.1) is 0 Å². The topological polar surface area (TPSA) is 63.7 Å². The quantitative estimate of drug-likeness (QED) is 0.710. The molecule has 2 aromatic carbocycles. The van der Waals surface area contributed by atoms with Gasteiger partial charge < -0.3 is 9.47 Å². The first kappa shape index (κ1) is 17.8. The fraction of sp³-hybridized carbons (Fsp3) is 0.300. The summed E-state index contributed by atoms with van der Waals surface area (Å²) in [4.78, 5) is 19.3. The third-order valence-corrected chi connectivity index (χ3v) is 5.53. The Bertz CT molecular complexity index is 923. The Morgan fingerprint density at radius 3 is 2.89 bits per heavy atom. The number of methoxy groups -OCH3 is 1. The van der Waals surface area contributed by atoms with Gasteiger partial charge in [0.2, 0.25) is 0 Å². The Kier molecular flexibility index (Phi) is 5.22. The maximum absolute atomic E-state index is 13.0. The van der Waals surface area contributed by atoms with Gasteiger partial charge in [0, 0.05) is 24.8 Å². The summed E-state index contributed by atoms with van der Waals surface area (Å²) in [5.41, 5.74) is 1.62. The highest BCUT2D eigenvalue weighted by molar-refractivity contribution is 7.22. The summed E-state index contributed by atoms with van der Waals surface area (Å²) in [7, 11) is 1.62. The normalized spacial score (nSPS) is 16.4. The molecule has 4 rings (SSSR count). The van der Waals surface area contributed by atoms with E-state index in [0.29, 0.717) is 30.0 Å². The maximum Gasteiger partial charge on any atom is 0.328 e. The molecule has 0 radical (unpaired) electrons. The van der Waals surface area contributed by atoms with Gasteiger partial charge in [-0.05, 0) is 30.7 Å². The van der Waals surface area contributed by atoms with Crippen molar-refractivity contribution in [3.8, 4) is 5.75 Å². The number of urea groups is 1. The van der Waals surface area contributed by atoms with Gasteiger partial charge in [-0.25, -0.2) is 9.78 Å². The lowest BCUT2D eigenvalue weighted by atomic mass is 10.1. The average molecular weight is 383 g/mol. The molecule has 0 bridgehead atoms. The van der Waals surface area contributed by atoms with Crippen LogP contribution in [-0.2, 0) is 4.74 Å². The Morgan fingerprint density at radius 1 is 1.30 bits per heavy atom.